The molecule has 0 amide bonds. The van der Waals surface area contributed by atoms with Gasteiger partial charge in [-0.25, -0.2) is 0 Å². The standard InChI is InChI=1S/C18H16N2O3/c1-23-13-8-6-12(7-9-13)10-19-11-15-14-4-2-3-5-16(14)20-17(15)18(21)22/h2-9,11,20H,10H2,1H3,(H,21,22)/p-1. The van der Waals surface area contributed by atoms with E-state index in [1.165, 1.54) is 0 Å². The lowest BCUT2D eigenvalue weighted by Gasteiger charge is -2.02. The van der Waals surface area contributed by atoms with Crippen LogP contribution in [-0.4, -0.2) is 24.3 Å². The van der Waals surface area contributed by atoms with Gasteiger partial charge in [0.1, 0.15) is 5.75 Å². The summed E-state index contributed by atoms with van der Waals surface area (Å²) in [5, 5.41) is 12.1. The van der Waals surface area contributed by atoms with Crippen LogP contribution >= 0.6 is 0 Å². The van der Waals surface area contributed by atoms with Crippen molar-refractivity contribution in [1.29, 1.82) is 0 Å². The Morgan fingerprint density at radius 2 is 1.96 bits per heavy atom. The smallest absolute Gasteiger partial charge is 0.118 e. The Balaban J connectivity index is 1.87. The lowest BCUT2D eigenvalue weighted by Crippen LogP contribution is -2.23. The van der Waals surface area contributed by atoms with Crippen molar-refractivity contribution in [3.63, 3.8) is 0 Å². The number of H-pyrrole nitrogens is 1. The van der Waals surface area contributed by atoms with Gasteiger partial charge in [0, 0.05) is 22.7 Å². The molecule has 116 valence electrons. The molecular formula is C18H15N2O3-. The van der Waals surface area contributed by atoms with E-state index in [2.05, 4.69) is 9.98 Å². The molecule has 0 spiro atoms. The number of carboxylic acid groups (broad SMARTS) is 1. The third-order valence-electron chi connectivity index (χ3n) is 3.60. The first kappa shape index (κ1) is 14.8. The average molecular weight is 307 g/mol. The molecule has 5 nitrogen and oxygen atoms in total. The zero-order valence-corrected chi connectivity index (χ0v) is 12.6. The molecule has 5 heteroatoms. The zero-order chi connectivity index (χ0) is 16.2. The molecule has 3 aromatic rings. The molecule has 23 heavy (non-hydrogen) atoms. The Morgan fingerprint density at radius 1 is 1.22 bits per heavy atom. The summed E-state index contributed by atoms with van der Waals surface area (Å²) in [6, 6.07) is 14.9. The van der Waals surface area contributed by atoms with E-state index in [1.807, 2.05) is 48.5 Å². The maximum Gasteiger partial charge on any atom is 0.118 e. The van der Waals surface area contributed by atoms with Crippen LogP contribution in [0.2, 0.25) is 0 Å². The van der Waals surface area contributed by atoms with Crippen LogP contribution in [0.4, 0.5) is 0 Å². The van der Waals surface area contributed by atoms with E-state index < -0.39 is 5.97 Å². The summed E-state index contributed by atoms with van der Waals surface area (Å²) in [5.74, 6) is -0.458. The highest BCUT2D eigenvalue weighted by Gasteiger charge is 2.09. The summed E-state index contributed by atoms with van der Waals surface area (Å²) < 4.78 is 5.11. The Morgan fingerprint density at radius 3 is 2.65 bits per heavy atom. The normalized spacial score (nSPS) is 11.2. The maximum absolute atomic E-state index is 11.3. The van der Waals surface area contributed by atoms with E-state index >= 15 is 0 Å². The fourth-order valence-electron chi connectivity index (χ4n) is 2.43. The van der Waals surface area contributed by atoms with Gasteiger partial charge < -0.3 is 19.6 Å². The second kappa shape index (κ2) is 6.36. The van der Waals surface area contributed by atoms with Crippen LogP contribution in [0, 0.1) is 0 Å². The summed E-state index contributed by atoms with van der Waals surface area (Å²) >= 11 is 0. The molecule has 0 fully saturated rings. The van der Waals surface area contributed by atoms with Gasteiger partial charge in [0.2, 0.25) is 0 Å². The van der Waals surface area contributed by atoms with Gasteiger partial charge in [-0.05, 0) is 23.8 Å². The monoisotopic (exact) mass is 307 g/mol. The Kier molecular flexibility index (Phi) is 4.10. The molecule has 0 aliphatic heterocycles. The van der Waals surface area contributed by atoms with Crippen LogP contribution in [0.25, 0.3) is 10.9 Å². The molecule has 0 saturated heterocycles. The van der Waals surface area contributed by atoms with Crippen LogP contribution in [0.3, 0.4) is 0 Å². The summed E-state index contributed by atoms with van der Waals surface area (Å²) in [4.78, 5) is 18.5. The average Bonchev–Trinajstić information content (AvgIpc) is 2.95. The number of nitrogens with zero attached hydrogens (tertiary/aromatic N) is 1. The van der Waals surface area contributed by atoms with E-state index in [9.17, 15) is 9.90 Å². The number of hydrogen-bond donors (Lipinski definition) is 1. The number of nitrogens with one attached hydrogen (secondary N) is 1. The number of aromatic amines is 1. The molecule has 0 saturated carbocycles. The van der Waals surface area contributed by atoms with E-state index in [0.29, 0.717) is 12.1 Å². The van der Waals surface area contributed by atoms with Gasteiger partial charge in [-0.1, -0.05) is 30.3 Å². The van der Waals surface area contributed by atoms with Crippen molar-refractivity contribution in [3.8, 4) is 5.75 Å². The number of carbonyl (C=O) groups excluding carboxylic acids is 1. The molecule has 0 bridgehead atoms. The molecule has 0 radical (unpaired) electrons. The summed E-state index contributed by atoms with van der Waals surface area (Å²) in [5.41, 5.74) is 2.34. The molecule has 3 rings (SSSR count). The van der Waals surface area contributed by atoms with Crippen LogP contribution in [0.1, 0.15) is 21.6 Å². The number of aromatic carboxylic acids is 1. The van der Waals surface area contributed by atoms with Gasteiger partial charge in [0.25, 0.3) is 0 Å². The van der Waals surface area contributed by atoms with Gasteiger partial charge in [-0.3, -0.25) is 4.99 Å². The van der Waals surface area contributed by atoms with Crippen LogP contribution in [0.15, 0.2) is 53.5 Å². The van der Waals surface area contributed by atoms with Crippen molar-refractivity contribution in [2.24, 2.45) is 4.99 Å². The molecule has 1 heterocycles. The highest BCUT2D eigenvalue weighted by atomic mass is 16.5. The third kappa shape index (κ3) is 3.08. The number of carboxylic acids is 1. The Bertz CT molecular complexity index is 864. The summed E-state index contributed by atoms with van der Waals surface area (Å²) in [6.07, 6.45) is 1.58. The minimum atomic E-state index is -1.24. The second-order valence-electron chi connectivity index (χ2n) is 5.06. The van der Waals surface area contributed by atoms with Crippen molar-refractivity contribution in [1.82, 2.24) is 4.98 Å². The number of rotatable bonds is 5. The van der Waals surface area contributed by atoms with Crippen LogP contribution < -0.4 is 9.84 Å². The van der Waals surface area contributed by atoms with Gasteiger partial charge in [0.05, 0.1) is 25.3 Å². The van der Waals surface area contributed by atoms with Crippen molar-refractivity contribution >= 4 is 23.1 Å². The topological polar surface area (TPSA) is 77.5 Å². The molecule has 0 aliphatic rings. The molecule has 1 aromatic heterocycles. The van der Waals surface area contributed by atoms with Gasteiger partial charge >= 0.3 is 0 Å². The number of methoxy groups -OCH3 is 1. The number of aliphatic imine (C=N–C) groups is 1. The third-order valence-corrected chi connectivity index (χ3v) is 3.60. The van der Waals surface area contributed by atoms with Gasteiger partial charge in [0.15, 0.2) is 0 Å². The maximum atomic E-state index is 11.3. The van der Waals surface area contributed by atoms with Crippen molar-refractivity contribution in [2.75, 3.05) is 7.11 Å². The number of benzene rings is 2. The molecular weight excluding hydrogens is 292 g/mol. The number of fused-ring (bicyclic) bond motifs is 1. The largest absolute Gasteiger partial charge is 0.543 e. The van der Waals surface area contributed by atoms with E-state index in [-0.39, 0.29) is 5.69 Å². The van der Waals surface area contributed by atoms with Crippen molar-refractivity contribution in [2.45, 2.75) is 6.54 Å². The minimum Gasteiger partial charge on any atom is -0.543 e. The number of aromatic nitrogens is 1. The first-order valence-corrected chi connectivity index (χ1v) is 7.14. The fraction of sp³-hybridized carbons (Fsp3) is 0.111. The highest BCUT2D eigenvalue weighted by Crippen LogP contribution is 2.20. The molecule has 0 aliphatic carbocycles. The number of carbonyl (C=O) groups is 1. The number of ether oxygens (including phenoxy) is 1. The number of hydrogen-bond acceptors (Lipinski definition) is 4. The van der Waals surface area contributed by atoms with Gasteiger partial charge in [-0.2, -0.15) is 0 Å². The lowest BCUT2D eigenvalue weighted by atomic mass is 10.1. The van der Waals surface area contributed by atoms with Crippen molar-refractivity contribution < 1.29 is 14.6 Å². The lowest BCUT2D eigenvalue weighted by molar-refractivity contribution is -0.255. The molecule has 0 atom stereocenters. The summed E-state index contributed by atoms with van der Waals surface area (Å²) in [7, 11) is 1.62. The number of para-hydroxylation sites is 1. The predicted octanol–water partition coefficient (Wildman–Crippen LogP) is 2.16. The zero-order valence-electron chi connectivity index (χ0n) is 12.6. The second-order valence-corrected chi connectivity index (χ2v) is 5.06. The quantitative estimate of drug-likeness (QED) is 0.734. The van der Waals surface area contributed by atoms with E-state index in [1.54, 1.807) is 13.3 Å². The van der Waals surface area contributed by atoms with Crippen molar-refractivity contribution in [3.05, 3.63) is 65.4 Å². The first-order chi connectivity index (χ1) is 11.2. The minimum absolute atomic E-state index is 0.0460. The van der Waals surface area contributed by atoms with Gasteiger partial charge in [-0.15, -0.1) is 0 Å². The molecule has 1 N–H and O–H groups in total. The molecule has 2 aromatic carbocycles. The SMILES string of the molecule is COc1ccc(CN=Cc2c(C(=O)[O-])[nH]c3ccccc23)cc1. The summed E-state index contributed by atoms with van der Waals surface area (Å²) in [6.45, 7) is 0.454. The predicted molar refractivity (Wildman–Crippen MR) is 86.9 cm³/mol. The molecule has 0 unspecified atom stereocenters. The van der Waals surface area contributed by atoms with Crippen LogP contribution in [-0.2, 0) is 6.54 Å². The van der Waals surface area contributed by atoms with E-state index in [4.69, 9.17) is 4.74 Å². The Hall–Kier alpha value is -3.08. The van der Waals surface area contributed by atoms with E-state index in [0.717, 1.165) is 22.2 Å². The highest BCUT2D eigenvalue weighted by molar-refractivity contribution is 6.08. The fourth-order valence-corrected chi connectivity index (χ4v) is 2.43. The first-order valence-electron chi connectivity index (χ1n) is 7.14. The Labute approximate surface area is 133 Å². The van der Waals surface area contributed by atoms with Crippen LogP contribution in [0.5, 0.6) is 5.75 Å².